The molecule has 130 valence electrons. The van der Waals surface area contributed by atoms with Gasteiger partial charge in [0, 0.05) is 11.6 Å². The monoisotopic (exact) mass is 346 g/mol. The minimum absolute atomic E-state index is 0.0103. The average Bonchev–Trinajstić information content (AvgIpc) is 2.90. The molecule has 0 bridgehead atoms. The Balaban J connectivity index is 1.96. The molecule has 26 heavy (non-hydrogen) atoms. The molecule has 0 unspecified atom stereocenters. The molecule has 2 aromatic carbocycles. The standard InChI is InChI=1S/C20H18N4O2/c1-12(2)23-17-11-7-5-9-15(17)18(20(23)26)22-24-13(3)21-16-10-6-4-8-14(16)19(24)25/h4-12H,1-3H3. The molecule has 1 aliphatic heterocycles. The van der Waals surface area contributed by atoms with E-state index in [0.29, 0.717) is 16.7 Å². The van der Waals surface area contributed by atoms with Crippen LogP contribution in [-0.2, 0) is 4.79 Å². The Hall–Kier alpha value is -3.28. The Morgan fingerprint density at radius 2 is 1.69 bits per heavy atom. The molecule has 1 aliphatic rings. The van der Waals surface area contributed by atoms with Crippen molar-refractivity contribution in [1.29, 1.82) is 0 Å². The number of amides is 1. The van der Waals surface area contributed by atoms with Gasteiger partial charge in [-0.05, 0) is 39.0 Å². The van der Waals surface area contributed by atoms with Gasteiger partial charge in [0.2, 0.25) is 0 Å². The molecule has 0 N–H and O–H groups in total. The summed E-state index contributed by atoms with van der Waals surface area (Å²) in [6.07, 6.45) is 0. The maximum atomic E-state index is 13.0. The van der Waals surface area contributed by atoms with Crippen LogP contribution >= 0.6 is 0 Å². The third-order valence-corrected chi connectivity index (χ3v) is 4.47. The molecule has 0 atom stereocenters. The molecular formula is C20H18N4O2. The van der Waals surface area contributed by atoms with Crippen LogP contribution in [0.2, 0.25) is 0 Å². The molecule has 6 nitrogen and oxygen atoms in total. The Morgan fingerprint density at radius 1 is 1.00 bits per heavy atom. The van der Waals surface area contributed by atoms with Gasteiger partial charge in [0.15, 0.2) is 5.71 Å². The van der Waals surface area contributed by atoms with Gasteiger partial charge in [0.25, 0.3) is 11.5 Å². The molecule has 4 rings (SSSR count). The summed E-state index contributed by atoms with van der Waals surface area (Å²) in [6, 6.07) is 14.6. The molecule has 1 aromatic heterocycles. The van der Waals surface area contributed by atoms with Gasteiger partial charge in [-0.1, -0.05) is 30.3 Å². The largest absolute Gasteiger partial charge is 0.304 e. The highest BCUT2D eigenvalue weighted by atomic mass is 16.2. The number of hydrogen-bond acceptors (Lipinski definition) is 4. The molecule has 0 fully saturated rings. The van der Waals surface area contributed by atoms with Gasteiger partial charge in [-0.25, -0.2) is 4.98 Å². The van der Waals surface area contributed by atoms with E-state index < -0.39 is 0 Å². The SMILES string of the molecule is Cc1nc2ccccc2c(=O)n1N=C1C(=O)N(C(C)C)c2ccccc21. The minimum atomic E-state index is -0.283. The first-order chi connectivity index (χ1) is 12.5. The predicted molar refractivity (Wildman–Crippen MR) is 102 cm³/mol. The lowest BCUT2D eigenvalue weighted by Gasteiger charge is -2.20. The number of nitrogens with zero attached hydrogens (tertiary/aromatic N) is 4. The van der Waals surface area contributed by atoms with Crippen LogP contribution in [0.3, 0.4) is 0 Å². The second-order valence-corrected chi connectivity index (χ2v) is 6.53. The van der Waals surface area contributed by atoms with Gasteiger partial charge < -0.3 is 4.90 Å². The molecule has 0 aliphatic carbocycles. The number of benzene rings is 2. The number of para-hydroxylation sites is 2. The summed E-state index contributed by atoms with van der Waals surface area (Å²) in [5.41, 5.74) is 2.13. The van der Waals surface area contributed by atoms with Crippen LogP contribution in [-0.4, -0.2) is 27.3 Å². The van der Waals surface area contributed by atoms with E-state index in [1.165, 1.54) is 4.68 Å². The molecule has 0 saturated carbocycles. The van der Waals surface area contributed by atoms with E-state index in [1.807, 2.05) is 44.2 Å². The van der Waals surface area contributed by atoms with Crippen molar-refractivity contribution in [2.45, 2.75) is 26.8 Å². The zero-order valence-electron chi connectivity index (χ0n) is 14.8. The van der Waals surface area contributed by atoms with E-state index in [0.717, 1.165) is 11.3 Å². The number of aryl methyl sites for hydroxylation is 1. The van der Waals surface area contributed by atoms with Gasteiger partial charge in [-0.3, -0.25) is 9.59 Å². The Kier molecular flexibility index (Phi) is 3.68. The molecule has 3 aromatic rings. The van der Waals surface area contributed by atoms with Crippen LogP contribution in [0.1, 0.15) is 25.2 Å². The maximum Gasteiger partial charge on any atom is 0.282 e. The summed E-state index contributed by atoms with van der Waals surface area (Å²) >= 11 is 0. The summed E-state index contributed by atoms with van der Waals surface area (Å²) in [6.45, 7) is 5.61. The van der Waals surface area contributed by atoms with Crippen LogP contribution < -0.4 is 10.5 Å². The summed E-state index contributed by atoms with van der Waals surface area (Å²) < 4.78 is 1.22. The number of aromatic nitrogens is 2. The lowest BCUT2D eigenvalue weighted by Crippen LogP contribution is -2.36. The van der Waals surface area contributed by atoms with Crippen molar-refractivity contribution >= 4 is 28.2 Å². The third-order valence-electron chi connectivity index (χ3n) is 4.47. The first kappa shape index (κ1) is 16.2. The van der Waals surface area contributed by atoms with Crippen LogP contribution in [0, 0.1) is 6.92 Å². The van der Waals surface area contributed by atoms with Crippen LogP contribution in [0.15, 0.2) is 58.4 Å². The quantitative estimate of drug-likeness (QED) is 0.716. The van der Waals surface area contributed by atoms with E-state index in [2.05, 4.69) is 10.1 Å². The van der Waals surface area contributed by atoms with Crippen molar-refractivity contribution in [1.82, 2.24) is 9.66 Å². The number of rotatable bonds is 2. The zero-order valence-corrected chi connectivity index (χ0v) is 14.8. The molecule has 0 saturated heterocycles. The van der Waals surface area contributed by atoms with Crippen molar-refractivity contribution in [2.24, 2.45) is 5.10 Å². The van der Waals surface area contributed by atoms with Crippen LogP contribution in [0.4, 0.5) is 5.69 Å². The summed E-state index contributed by atoms with van der Waals surface area (Å²) in [7, 11) is 0. The number of anilines is 1. The lowest BCUT2D eigenvalue weighted by atomic mass is 10.1. The fraction of sp³-hybridized carbons (Fsp3) is 0.200. The summed E-state index contributed by atoms with van der Waals surface area (Å²) in [5, 5.41) is 4.90. The summed E-state index contributed by atoms with van der Waals surface area (Å²) in [5.74, 6) is 0.232. The Labute approximate surface area is 150 Å². The smallest absolute Gasteiger partial charge is 0.282 e. The van der Waals surface area contributed by atoms with E-state index in [4.69, 9.17) is 0 Å². The fourth-order valence-corrected chi connectivity index (χ4v) is 3.28. The number of carbonyl (C=O) groups is 1. The van der Waals surface area contributed by atoms with Crippen LogP contribution in [0.25, 0.3) is 10.9 Å². The molecule has 0 spiro atoms. The van der Waals surface area contributed by atoms with E-state index >= 15 is 0 Å². The van der Waals surface area contributed by atoms with Crippen molar-refractivity contribution in [3.63, 3.8) is 0 Å². The highest BCUT2D eigenvalue weighted by Gasteiger charge is 2.35. The van der Waals surface area contributed by atoms with Crippen molar-refractivity contribution in [3.05, 3.63) is 70.3 Å². The van der Waals surface area contributed by atoms with Crippen molar-refractivity contribution in [3.8, 4) is 0 Å². The first-order valence-electron chi connectivity index (χ1n) is 8.49. The highest BCUT2D eigenvalue weighted by molar-refractivity contribution is 6.54. The van der Waals surface area contributed by atoms with Gasteiger partial charge in [0.05, 0.1) is 16.6 Å². The van der Waals surface area contributed by atoms with E-state index in [9.17, 15) is 9.59 Å². The fourth-order valence-electron chi connectivity index (χ4n) is 3.28. The molecule has 1 amide bonds. The zero-order chi connectivity index (χ0) is 18.4. The third kappa shape index (κ3) is 2.34. The second kappa shape index (κ2) is 5.91. The predicted octanol–water partition coefficient (Wildman–Crippen LogP) is 2.71. The van der Waals surface area contributed by atoms with Crippen molar-refractivity contribution in [2.75, 3.05) is 4.90 Å². The Morgan fingerprint density at radius 3 is 2.46 bits per heavy atom. The van der Waals surface area contributed by atoms with Gasteiger partial charge in [0.1, 0.15) is 5.82 Å². The summed E-state index contributed by atoms with van der Waals surface area (Å²) in [4.78, 5) is 32.0. The maximum absolute atomic E-state index is 13.0. The van der Waals surface area contributed by atoms with E-state index in [1.54, 1.807) is 30.0 Å². The van der Waals surface area contributed by atoms with Crippen LogP contribution in [0.5, 0.6) is 0 Å². The first-order valence-corrected chi connectivity index (χ1v) is 8.49. The molecule has 6 heteroatoms. The Bertz CT molecular complexity index is 1130. The van der Waals surface area contributed by atoms with Gasteiger partial charge in [-0.2, -0.15) is 9.78 Å². The average molecular weight is 346 g/mol. The topological polar surface area (TPSA) is 67.6 Å². The minimum Gasteiger partial charge on any atom is -0.304 e. The normalized spacial score (nSPS) is 15.3. The number of fused-ring (bicyclic) bond motifs is 2. The molecule has 2 heterocycles. The molecular weight excluding hydrogens is 328 g/mol. The van der Waals surface area contributed by atoms with Gasteiger partial charge in [-0.15, -0.1) is 0 Å². The van der Waals surface area contributed by atoms with Crippen molar-refractivity contribution < 1.29 is 4.79 Å². The van der Waals surface area contributed by atoms with E-state index in [-0.39, 0.29) is 23.2 Å². The number of carbonyl (C=O) groups excluding carboxylic acids is 1. The highest BCUT2D eigenvalue weighted by Crippen LogP contribution is 2.30. The number of hydrogen-bond donors (Lipinski definition) is 0. The van der Waals surface area contributed by atoms with Gasteiger partial charge >= 0.3 is 0 Å². The molecule has 0 radical (unpaired) electrons. The lowest BCUT2D eigenvalue weighted by molar-refractivity contribution is -0.112. The second-order valence-electron chi connectivity index (χ2n) is 6.53.